The number of unbranched alkanes of at least 4 members (excludes halogenated alkanes) is 12. The van der Waals surface area contributed by atoms with Crippen LogP contribution >= 0.6 is 0 Å². The third-order valence-corrected chi connectivity index (χ3v) is 3.49. The molecule has 0 rings (SSSR count). The van der Waals surface area contributed by atoms with Crippen LogP contribution < -0.4 is 0 Å². The van der Waals surface area contributed by atoms with Gasteiger partial charge < -0.3 is 5.11 Å². The van der Waals surface area contributed by atoms with E-state index in [1.165, 1.54) is 70.6 Å². The van der Waals surface area contributed by atoms with Gasteiger partial charge in [-0.25, -0.2) is 0 Å². The van der Waals surface area contributed by atoms with E-state index in [-0.39, 0.29) is 68.5 Å². The van der Waals surface area contributed by atoms with Crippen LogP contribution in [0.15, 0.2) is 0 Å². The average Bonchev–Trinajstić information content (AvgIpc) is 2.34. The van der Waals surface area contributed by atoms with E-state index in [2.05, 4.69) is 6.92 Å². The second-order valence-corrected chi connectivity index (χ2v) is 5.39. The number of hydrogen-bond donors (Lipinski definition) is 1. The van der Waals surface area contributed by atoms with Crippen LogP contribution in [0.5, 0.6) is 0 Å². The quantitative estimate of drug-likeness (QED) is 0.367. The van der Waals surface area contributed by atoms with E-state index in [4.69, 9.17) is 5.11 Å². The predicted octanol–water partition coefficient (Wildman–Crippen LogP) is 3.99. The summed E-state index contributed by atoms with van der Waals surface area (Å²) in [7, 11) is 0. The summed E-state index contributed by atoms with van der Waals surface area (Å²) in [6, 6.07) is 0. The molecule has 0 saturated heterocycles. The van der Waals surface area contributed by atoms with E-state index in [1.807, 2.05) is 0 Å². The Morgan fingerprint density at radius 3 is 1.30 bits per heavy atom. The third-order valence-electron chi connectivity index (χ3n) is 3.49. The van der Waals surface area contributed by atoms with Crippen molar-refractivity contribution in [2.75, 3.05) is 0 Å². The Labute approximate surface area is 179 Å². The van der Waals surface area contributed by atoms with Gasteiger partial charge in [-0.3, -0.25) is 4.79 Å². The molecule has 118 valence electrons. The molecular formula is C16H35KO2Se. The third kappa shape index (κ3) is 24.6. The molecule has 2 nitrogen and oxygen atoms in total. The van der Waals surface area contributed by atoms with Gasteiger partial charge in [0.25, 0.3) is 0 Å². The van der Waals surface area contributed by atoms with Crippen LogP contribution in [0.2, 0.25) is 0 Å². The van der Waals surface area contributed by atoms with Gasteiger partial charge in [0, 0.05) is 6.42 Å². The van der Waals surface area contributed by atoms with Crippen molar-refractivity contribution < 1.29 is 9.90 Å². The fourth-order valence-corrected chi connectivity index (χ4v) is 2.29. The first-order chi connectivity index (χ1) is 8.77. The molecule has 0 aliphatic carbocycles. The van der Waals surface area contributed by atoms with Crippen molar-refractivity contribution in [1.82, 2.24) is 0 Å². The molecule has 0 aromatic carbocycles. The molecule has 0 amide bonds. The van der Waals surface area contributed by atoms with Gasteiger partial charge in [0.1, 0.15) is 0 Å². The summed E-state index contributed by atoms with van der Waals surface area (Å²) in [4.78, 5) is 10.3. The summed E-state index contributed by atoms with van der Waals surface area (Å²) in [5, 5.41) is 8.49. The van der Waals surface area contributed by atoms with Crippen molar-refractivity contribution in [2.24, 2.45) is 0 Å². The van der Waals surface area contributed by atoms with E-state index >= 15 is 0 Å². The number of hydrogen-bond acceptors (Lipinski definition) is 1. The van der Waals surface area contributed by atoms with Crippen LogP contribution in [0.25, 0.3) is 0 Å². The normalized spacial score (nSPS) is 9.65. The van der Waals surface area contributed by atoms with Crippen LogP contribution in [0.3, 0.4) is 0 Å². The number of aliphatic carboxylic acids is 1. The fourth-order valence-electron chi connectivity index (χ4n) is 2.29. The van der Waals surface area contributed by atoms with Crippen molar-refractivity contribution in [3.8, 4) is 0 Å². The molecule has 0 radical (unpaired) electrons. The zero-order valence-electron chi connectivity index (χ0n) is 12.8. The molecule has 0 fully saturated rings. The molecule has 0 aliphatic heterocycles. The van der Waals surface area contributed by atoms with Gasteiger partial charge >= 0.3 is 74.4 Å². The van der Waals surface area contributed by atoms with Crippen molar-refractivity contribution in [3.63, 3.8) is 0 Å². The Kier molecular flexibility index (Phi) is 30.4. The van der Waals surface area contributed by atoms with Crippen LogP contribution in [-0.2, 0) is 4.79 Å². The zero-order chi connectivity index (χ0) is 13.5. The van der Waals surface area contributed by atoms with Gasteiger partial charge in [0.15, 0.2) is 0 Å². The molecule has 1 N–H and O–H groups in total. The van der Waals surface area contributed by atoms with E-state index in [9.17, 15) is 4.79 Å². The first-order valence-corrected chi connectivity index (χ1v) is 7.99. The maximum absolute atomic E-state index is 10.3. The minimum absolute atomic E-state index is 0. The number of carboxylic acid groups (broad SMARTS) is 1. The van der Waals surface area contributed by atoms with Gasteiger partial charge in [-0.2, -0.15) is 0 Å². The molecule has 0 atom stereocenters. The Balaban J connectivity index is -0.00000144. The summed E-state index contributed by atoms with van der Waals surface area (Å²) < 4.78 is 0. The Bertz CT molecular complexity index is 189. The number of carbonyl (C=O) groups is 1. The molecule has 0 spiro atoms. The van der Waals surface area contributed by atoms with Gasteiger partial charge in [0.2, 0.25) is 0 Å². The molecule has 0 unspecified atom stereocenters. The molecule has 0 saturated carbocycles. The standard InChI is InChI=1S/C16H32O2.K.H2Se.H/c1-2-3-4-5-6-7-8-9-10-11-12-13-14-15-16(17)18;;;/h2-15H2,1H3,(H,17,18);;1H2;. The van der Waals surface area contributed by atoms with E-state index in [0.717, 1.165) is 12.8 Å². The molecule has 0 bridgehead atoms. The first-order valence-electron chi connectivity index (χ1n) is 7.99. The minimum atomic E-state index is -0.655. The van der Waals surface area contributed by atoms with Crippen LogP contribution in [0.1, 0.15) is 96.8 Å². The van der Waals surface area contributed by atoms with Gasteiger partial charge in [-0.15, -0.1) is 0 Å². The SMILES string of the molecule is CCCCCCCCCCCCCCCC(=O)O.[KH].[SeH2]. The Morgan fingerprint density at radius 2 is 1.00 bits per heavy atom. The zero-order valence-corrected chi connectivity index (χ0v) is 14.9. The molecule has 0 aromatic heterocycles. The van der Waals surface area contributed by atoms with Crippen molar-refractivity contribution >= 4 is 74.4 Å². The van der Waals surface area contributed by atoms with Crippen molar-refractivity contribution in [2.45, 2.75) is 96.8 Å². The van der Waals surface area contributed by atoms with Gasteiger partial charge in [-0.05, 0) is 6.42 Å². The molecular weight excluding hydrogens is 342 g/mol. The van der Waals surface area contributed by atoms with E-state index < -0.39 is 5.97 Å². The monoisotopic (exact) mass is 378 g/mol. The van der Waals surface area contributed by atoms with Gasteiger partial charge in [-0.1, -0.05) is 84.0 Å². The van der Waals surface area contributed by atoms with Crippen LogP contribution in [0.4, 0.5) is 0 Å². The molecule has 4 heteroatoms. The molecule has 20 heavy (non-hydrogen) atoms. The second-order valence-electron chi connectivity index (χ2n) is 5.39. The summed E-state index contributed by atoms with van der Waals surface area (Å²) in [6.07, 6.45) is 17.3. The van der Waals surface area contributed by atoms with E-state index in [0.29, 0.717) is 6.42 Å². The first kappa shape index (κ1) is 26.5. The van der Waals surface area contributed by atoms with Crippen molar-refractivity contribution in [1.29, 1.82) is 0 Å². The van der Waals surface area contributed by atoms with Crippen LogP contribution in [-0.4, -0.2) is 79.5 Å². The Hall–Kier alpha value is 1.63. The molecule has 0 aromatic rings. The molecule has 0 aliphatic rings. The predicted molar refractivity (Wildman–Crippen MR) is 93.6 cm³/mol. The number of carboxylic acids is 1. The van der Waals surface area contributed by atoms with Gasteiger partial charge in [0.05, 0.1) is 0 Å². The van der Waals surface area contributed by atoms with Crippen LogP contribution in [0, 0.1) is 0 Å². The average molecular weight is 378 g/mol. The summed E-state index contributed by atoms with van der Waals surface area (Å²) in [6.45, 7) is 2.26. The summed E-state index contributed by atoms with van der Waals surface area (Å²) >= 11 is 0. The fraction of sp³-hybridized carbons (Fsp3) is 0.938. The summed E-state index contributed by atoms with van der Waals surface area (Å²) in [5.74, 6) is -0.655. The summed E-state index contributed by atoms with van der Waals surface area (Å²) in [5.41, 5.74) is 0. The Morgan fingerprint density at radius 1 is 0.700 bits per heavy atom. The second kappa shape index (κ2) is 22.9. The number of rotatable bonds is 14. The maximum atomic E-state index is 10.3. The molecule has 0 heterocycles. The van der Waals surface area contributed by atoms with Crippen molar-refractivity contribution in [3.05, 3.63) is 0 Å². The topological polar surface area (TPSA) is 37.3 Å². The van der Waals surface area contributed by atoms with E-state index in [1.54, 1.807) is 0 Å².